The maximum Gasteiger partial charge on any atom is 0.328 e. The predicted octanol–water partition coefficient (Wildman–Crippen LogP) is 5.02. The van der Waals surface area contributed by atoms with E-state index in [4.69, 9.17) is 11.6 Å². The SMILES string of the molecule is O=C(Nc1ccccc1)C(=O)Nn1c(C(=O)Nc2cccc(Cl)c2)cc2cc(Br)ccc21. The molecular formula is C23H16BrClN4O3. The number of aromatic nitrogens is 1. The van der Waals surface area contributed by atoms with Crippen LogP contribution in [0.3, 0.4) is 0 Å². The molecule has 3 N–H and O–H groups in total. The molecule has 7 nitrogen and oxygen atoms in total. The zero-order chi connectivity index (χ0) is 22.7. The number of para-hydroxylation sites is 1. The number of rotatable bonds is 4. The average Bonchev–Trinajstić information content (AvgIpc) is 3.12. The standard InChI is InChI=1S/C23H16BrClN4O3/c24-15-9-10-19-14(11-15)12-20(21(30)27-18-8-4-5-16(25)13-18)29(19)28-23(32)22(31)26-17-6-2-1-3-7-17/h1-13H,(H,26,31)(H,27,30)(H,28,32). The monoisotopic (exact) mass is 510 g/mol. The first kappa shape index (κ1) is 21.6. The van der Waals surface area contributed by atoms with E-state index in [1.807, 2.05) is 0 Å². The molecule has 4 aromatic rings. The summed E-state index contributed by atoms with van der Waals surface area (Å²) in [6.45, 7) is 0. The molecule has 9 heteroatoms. The van der Waals surface area contributed by atoms with E-state index in [-0.39, 0.29) is 5.69 Å². The van der Waals surface area contributed by atoms with Crippen LogP contribution < -0.4 is 16.1 Å². The maximum absolute atomic E-state index is 13.0. The first-order chi connectivity index (χ1) is 15.4. The summed E-state index contributed by atoms with van der Waals surface area (Å²) in [7, 11) is 0. The van der Waals surface area contributed by atoms with E-state index in [1.165, 1.54) is 4.68 Å². The molecule has 0 spiro atoms. The second-order valence-corrected chi connectivity index (χ2v) is 8.15. The smallest absolute Gasteiger partial charge is 0.321 e. The molecule has 0 radical (unpaired) electrons. The third-order valence-corrected chi connectivity index (χ3v) is 5.26. The highest BCUT2D eigenvalue weighted by molar-refractivity contribution is 9.10. The molecule has 4 rings (SSSR count). The van der Waals surface area contributed by atoms with Crippen LogP contribution in [-0.2, 0) is 9.59 Å². The second-order valence-electron chi connectivity index (χ2n) is 6.79. The summed E-state index contributed by atoms with van der Waals surface area (Å²) in [5, 5.41) is 6.43. The summed E-state index contributed by atoms with van der Waals surface area (Å²) in [4.78, 5) is 38.0. The van der Waals surface area contributed by atoms with E-state index in [9.17, 15) is 14.4 Å². The Morgan fingerprint density at radius 2 is 1.53 bits per heavy atom. The molecule has 0 saturated carbocycles. The molecule has 1 heterocycles. The summed E-state index contributed by atoms with van der Waals surface area (Å²) in [6, 6.07) is 22.2. The molecule has 160 valence electrons. The molecule has 0 aliphatic carbocycles. The fourth-order valence-corrected chi connectivity index (χ4v) is 3.67. The Morgan fingerprint density at radius 1 is 0.781 bits per heavy atom. The molecule has 0 aliphatic rings. The lowest BCUT2D eigenvalue weighted by molar-refractivity contribution is -0.133. The van der Waals surface area contributed by atoms with Crippen molar-refractivity contribution in [3.05, 3.63) is 94.1 Å². The minimum absolute atomic E-state index is 0.138. The Labute approximate surface area is 196 Å². The lowest BCUT2D eigenvalue weighted by Crippen LogP contribution is -2.36. The summed E-state index contributed by atoms with van der Waals surface area (Å²) in [5.74, 6) is -2.27. The molecule has 0 fully saturated rings. The highest BCUT2D eigenvalue weighted by Crippen LogP contribution is 2.24. The number of hydrogen-bond acceptors (Lipinski definition) is 3. The van der Waals surface area contributed by atoms with Crippen LogP contribution in [0.5, 0.6) is 0 Å². The van der Waals surface area contributed by atoms with Gasteiger partial charge in [-0.05, 0) is 54.6 Å². The number of nitrogens with zero attached hydrogens (tertiary/aromatic N) is 1. The van der Waals surface area contributed by atoms with Gasteiger partial charge in [-0.25, -0.2) is 4.68 Å². The van der Waals surface area contributed by atoms with Crippen LogP contribution in [0.4, 0.5) is 11.4 Å². The van der Waals surface area contributed by atoms with Crippen LogP contribution in [0.1, 0.15) is 10.5 Å². The Balaban J connectivity index is 1.64. The van der Waals surface area contributed by atoms with E-state index in [1.54, 1.807) is 78.9 Å². The predicted molar refractivity (Wildman–Crippen MR) is 128 cm³/mol. The third kappa shape index (κ3) is 4.82. The number of amides is 3. The summed E-state index contributed by atoms with van der Waals surface area (Å²) < 4.78 is 2.09. The lowest BCUT2D eigenvalue weighted by Gasteiger charge is -2.13. The van der Waals surface area contributed by atoms with Crippen molar-refractivity contribution in [3.8, 4) is 0 Å². The quantitative estimate of drug-likeness (QED) is 0.336. The van der Waals surface area contributed by atoms with Gasteiger partial charge in [-0.1, -0.05) is 51.8 Å². The topological polar surface area (TPSA) is 92.2 Å². The van der Waals surface area contributed by atoms with Crippen molar-refractivity contribution in [2.24, 2.45) is 0 Å². The molecule has 32 heavy (non-hydrogen) atoms. The number of benzene rings is 3. The fourth-order valence-electron chi connectivity index (χ4n) is 3.10. The van der Waals surface area contributed by atoms with Crippen molar-refractivity contribution in [2.45, 2.75) is 0 Å². The van der Waals surface area contributed by atoms with Gasteiger partial charge >= 0.3 is 11.8 Å². The largest absolute Gasteiger partial charge is 0.328 e. The molecule has 1 aromatic heterocycles. The summed E-state index contributed by atoms with van der Waals surface area (Å²) >= 11 is 9.39. The number of fused-ring (bicyclic) bond motifs is 1. The number of halogens is 2. The molecular weight excluding hydrogens is 496 g/mol. The number of carbonyl (C=O) groups is 3. The lowest BCUT2D eigenvalue weighted by atomic mass is 10.2. The number of anilines is 2. The zero-order valence-electron chi connectivity index (χ0n) is 16.4. The van der Waals surface area contributed by atoms with Gasteiger partial charge in [0.15, 0.2) is 0 Å². The van der Waals surface area contributed by atoms with Gasteiger partial charge in [-0.3, -0.25) is 19.8 Å². The number of nitrogens with one attached hydrogen (secondary N) is 3. The number of carbonyl (C=O) groups excluding carboxylic acids is 3. The van der Waals surface area contributed by atoms with Gasteiger partial charge in [0.2, 0.25) is 0 Å². The van der Waals surface area contributed by atoms with E-state index in [0.717, 1.165) is 4.47 Å². The minimum atomic E-state index is -0.925. The molecule has 0 bridgehead atoms. The van der Waals surface area contributed by atoms with Crippen LogP contribution in [0, 0.1) is 0 Å². The molecule has 0 aliphatic heterocycles. The van der Waals surface area contributed by atoms with Crippen LogP contribution in [0.2, 0.25) is 5.02 Å². The Hall–Kier alpha value is -3.62. The third-order valence-electron chi connectivity index (χ3n) is 4.53. The van der Waals surface area contributed by atoms with Crippen LogP contribution in [0.15, 0.2) is 83.3 Å². The van der Waals surface area contributed by atoms with Crippen LogP contribution >= 0.6 is 27.5 Å². The van der Waals surface area contributed by atoms with E-state index in [0.29, 0.717) is 27.3 Å². The molecule has 0 atom stereocenters. The highest BCUT2D eigenvalue weighted by Gasteiger charge is 2.21. The van der Waals surface area contributed by atoms with Gasteiger partial charge in [0.05, 0.1) is 5.52 Å². The first-order valence-corrected chi connectivity index (χ1v) is 10.6. The fraction of sp³-hybridized carbons (Fsp3) is 0. The van der Waals surface area contributed by atoms with Gasteiger partial charge < -0.3 is 10.6 Å². The summed E-state index contributed by atoms with van der Waals surface area (Å²) in [6.07, 6.45) is 0. The molecule has 3 amide bonds. The van der Waals surface area contributed by atoms with Gasteiger partial charge in [0, 0.05) is 26.3 Å². The summed E-state index contributed by atoms with van der Waals surface area (Å²) in [5.41, 5.74) is 4.17. The number of hydrogen-bond donors (Lipinski definition) is 3. The van der Waals surface area contributed by atoms with Crippen molar-refractivity contribution < 1.29 is 14.4 Å². The second kappa shape index (κ2) is 9.25. The Morgan fingerprint density at radius 3 is 2.28 bits per heavy atom. The highest BCUT2D eigenvalue weighted by atomic mass is 79.9. The first-order valence-electron chi connectivity index (χ1n) is 9.46. The Kier molecular flexibility index (Phi) is 6.25. The average molecular weight is 512 g/mol. The van der Waals surface area contributed by atoms with Crippen LogP contribution in [0.25, 0.3) is 10.9 Å². The normalized spacial score (nSPS) is 10.6. The minimum Gasteiger partial charge on any atom is -0.321 e. The van der Waals surface area contributed by atoms with E-state index >= 15 is 0 Å². The van der Waals surface area contributed by atoms with Crippen molar-refractivity contribution in [1.82, 2.24) is 4.68 Å². The molecule has 3 aromatic carbocycles. The van der Waals surface area contributed by atoms with E-state index in [2.05, 4.69) is 32.0 Å². The molecule has 0 unspecified atom stereocenters. The van der Waals surface area contributed by atoms with Gasteiger partial charge in [0.25, 0.3) is 5.91 Å². The van der Waals surface area contributed by atoms with Gasteiger partial charge in [-0.2, -0.15) is 0 Å². The molecule has 0 saturated heterocycles. The Bertz CT molecular complexity index is 1340. The van der Waals surface area contributed by atoms with Crippen molar-refractivity contribution in [1.29, 1.82) is 0 Å². The van der Waals surface area contributed by atoms with Crippen LogP contribution in [-0.4, -0.2) is 22.4 Å². The van der Waals surface area contributed by atoms with Gasteiger partial charge in [0.1, 0.15) is 5.69 Å². The van der Waals surface area contributed by atoms with E-state index < -0.39 is 17.7 Å². The maximum atomic E-state index is 13.0. The van der Waals surface area contributed by atoms with Gasteiger partial charge in [-0.15, -0.1) is 0 Å². The van der Waals surface area contributed by atoms with Crippen molar-refractivity contribution >= 4 is 67.5 Å². The zero-order valence-corrected chi connectivity index (χ0v) is 18.8. The van der Waals surface area contributed by atoms with Crippen molar-refractivity contribution in [3.63, 3.8) is 0 Å². The van der Waals surface area contributed by atoms with Crippen molar-refractivity contribution in [2.75, 3.05) is 16.1 Å².